The van der Waals surface area contributed by atoms with E-state index in [0.29, 0.717) is 5.56 Å². The molecule has 7 N–H and O–H groups in total. The number of aromatic hydroxyl groups is 6. The summed E-state index contributed by atoms with van der Waals surface area (Å²) in [6.07, 6.45) is -3.47. The summed E-state index contributed by atoms with van der Waals surface area (Å²) in [5, 5.41) is 69.9. The minimum absolute atomic E-state index is 0.0933. The molecular weight excluding hydrogens is 540 g/mol. The van der Waals surface area contributed by atoms with Crippen molar-refractivity contribution < 1.29 is 59.5 Å². The Morgan fingerprint density at radius 3 is 2.17 bits per heavy atom. The van der Waals surface area contributed by atoms with E-state index in [0.717, 1.165) is 18.2 Å². The van der Waals surface area contributed by atoms with E-state index in [1.807, 2.05) is 0 Å². The highest BCUT2D eigenvalue weighted by atomic mass is 16.6. The SMILES string of the molecule is O=C(O[C@H]1[C@H]([C@@]2(c3ccc(O)c(O)c3)CC[C@H](Cc3ccc(O)c(O)c3)C(=O)O2)OC[C@@H]1O)c1cc(O)cc(O)c1. The van der Waals surface area contributed by atoms with Crippen molar-refractivity contribution in [1.82, 2.24) is 0 Å². The first-order valence-electron chi connectivity index (χ1n) is 12.8. The quantitative estimate of drug-likeness (QED) is 0.169. The van der Waals surface area contributed by atoms with E-state index in [2.05, 4.69) is 0 Å². The molecule has 2 aliphatic rings. The van der Waals surface area contributed by atoms with Crippen LogP contribution in [0.3, 0.4) is 0 Å². The molecule has 0 radical (unpaired) electrons. The third-order valence-electron chi connectivity index (χ3n) is 7.43. The van der Waals surface area contributed by atoms with Crippen molar-refractivity contribution >= 4 is 11.9 Å². The summed E-state index contributed by atoms with van der Waals surface area (Å²) in [5.41, 5.74) is -1.07. The number of rotatable bonds is 6. The van der Waals surface area contributed by atoms with Crippen molar-refractivity contribution in [2.75, 3.05) is 6.61 Å². The normalized spacial score (nSPS) is 25.9. The van der Waals surface area contributed by atoms with Crippen molar-refractivity contribution in [1.29, 1.82) is 0 Å². The first-order valence-corrected chi connectivity index (χ1v) is 12.8. The number of hydrogen-bond acceptors (Lipinski definition) is 12. The molecule has 12 nitrogen and oxygen atoms in total. The molecule has 0 spiro atoms. The van der Waals surface area contributed by atoms with E-state index in [9.17, 15) is 45.3 Å². The zero-order valence-corrected chi connectivity index (χ0v) is 21.5. The molecule has 216 valence electrons. The Morgan fingerprint density at radius 2 is 1.54 bits per heavy atom. The van der Waals surface area contributed by atoms with Crippen molar-refractivity contribution in [3.8, 4) is 34.5 Å². The van der Waals surface area contributed by atoms with Gasteiger partial charge in [0.15, 0.2) is 34.7 Å². The van der Waals surface area contributed by atoms with Crippen molar-refractivity contribution in [2.45, 2.75) is 43.2 Å². The van der Waals surface area contributed by atoms with Crippen LogP contribution in [0.4, 0.5) is 0 Å². The Hall–Kier alpha value is -4.68. The molecule has 0 amide bonds. The van der Waals surface area contributed by atoms with E-state index in [-0.39, 0.29) is 60.0 Å². The molecule has 2 fully saturated rings. The van der Waals surface area contributed by atoms with Gasteiger partial charge in [-0.15, -0.1) is 0 Å². The zero-order valence-electron chi connectivity index (χ0n) is 21.5. The molecule has 0 saturated carbocycles. The summed E-state index contributed by atoms with van der Waals surface area (Å²) in [7, 11) is 0. The lowest BCUT2D eigenvalue weighted by molar-refractivity contribution is -0.203. The maximum atomic E-state index is 13.4. The first-order chi connectivity index (χ1) is 19.5. The molecular formula is C29H28O12. The number of benzene rings is 3. The van der Waals surface area contributed by atoms with E-state index in [1.54, 1.807) is 6.07 Å². The van der Waals surface area contributed by atoms with E-state index in [4.69, 9.17) is 14.2 Å². The van der Waals surface area contributed by atoms with Crippen molar-refractivity contribution in [3.05, 3.63) is 71.3 Å². The maximum absolute atomic E-state index is 13.4. The Bertz CT molecular complexity index is 1470. The fourth-order valence-electron chi connectivity index (χ4n) is 5.38. The number of ether oxygens (including phenoxy) is 3. The fourth-order valence-corrected chi connectivity index (χ4v) is 5.38. The monoisotopic (exact) mass is 568 g/mol. The molecule has 0 unspecified atom stereocenters. The van der Waals surface area contributed by atoms with Gasteiger partial charge in [-0.25, -0.2) is 4.79 Å². The second kappa shape index (κ2) is 10.7. The summed E-state index contributed by atoms with van der Waals surface area (Å²) in [5.74, 6) is -4.65. The van der Waals surface area contributed by atoms with Crippen LogP contribution >= 0.6 is 0 Å². The molecule has 12 heteroatoms. The second-order valence-electron chi connectivity index (χ2n) is 10.2. The highest BCUT2D eigenvalue weighted by Gasteiger charge is 2.57. The minimum Gasteiger partial charge on any atom is -0.508 e. The Morgan fingerprint density at radius 1 is 0.878 bits per heavy atom. The topological polar surface area (TPSA) is 203 Å². The van der Waals surface area contributed by atoms with Gasteiger partial charge in [-0.3, -0.25) is 4.79 Å². The lowest BCUT2D eigenvalue weighted by Gasteiger charge is -2.44. The molecule has 5 atom stereocenters. The highest BCUT2D eigenvalue weighted by Crippen LogP contribution is 2.48. The van der Waals surface area contributed by atoms with Gasteiger partial charge in [0.25, 0.3) is 0 Å². The summed E-state index contributed by atoms with van der Waals surface area (Å²) in [4.78, 5) is 26.4. The molecule has 0 aliphatic carbocycles. The summed E-state index contributed by atoms with van der Waals surface area (Å²) in [6, 6.07) is 11.2. The van der Waals surface area contributed by atoms with Gasteiger partial charge in [0.05, 0.1) is 18.1 Å². The van der Waals surface area contributed by atoms with Crippen molar-refractivity contribution in [3.63, 3.8) is 0 Å². The Kier molecular flexibility index (Phi) is 7.28. The number of aliphatic hydroxyl groups is 1. The molecule has 3 aromatic rings. The van der Waals surface area contributed by atoms with Gasteiger partial charge in [-0.05, 0) is 61.2 Å². The largest absolute Gasteiger partial charge is 0.508 e. The standard InChI is InChI=1S/C29H28O12/c30-18-9-16(10-19(31)12-18)27(37)40-25-24(36)13-39-26(25)29(17-2-4-21(33)23(35)11-17)6-5-15(28(38)41-29)7-14-1-3-20(32)22(34)8-14/h1-4,8-12,15,24-26,30-36H,5-7,13H2/t15-,24+,25-,26-,29+/m1/s1. The summed E-state index contributed by atoms with van der Waals surface area (Å²) >= 11 is 0. The van der Waals surface area contributed by atoms with Crippen LogP contribution in [0.15, 0.2) is 54.6 Å². The van der Waals surface area contributed by atoms with Gasteiger partial charge < -0.3 is 50.0 Å². The molecule has 2 aliphatic heterocycles. The molecule has 41 heavy (non-hydrogen) atoms. The predicted octanol–water partition coefficient (Wildman–Crippen LogP) is 2.30. The van der Waals surface area contributed by atoms with Gasteiger partial charge in [-0.1, -0.05) is 12.1 Å². The van der Waals surface area contributed by atoms with Gasteiger partial charge in [-0.2, -0.15) is 0 Å². The van der Waals surface area contributed by atoms with Crippen LogP contribution in [0.2, 0.25) is 0 Å². The lowest BCUT2D eigenvalue weighted by atomic mass is 9.76. The zero-order chi connectivity index (χ0) is 29.5. The van der Waals surface area contributed by atoms with Crippen LogP contribution in [0.1, 0.15) is 34.3 Å². The molecule has 0 aromatic heterocycles. The molecule has 5 rings (SSSR count). The van der Waals surface area contributed by atoms with Crippen LogP contribution in [0, 0.1) is 5.92 Å². The van der Waals surface area contributed by atoms with Crippen molar-refractivity contribution in [2.24, 2.45) is 5.92 Å². The fraction of sp³-hybridized carbons (Fsp3) is 0.310. The average molecular weight is 569 g/mol. The van der Waals surface area contributed by atoms with E-state index >= 15 is 0 Å². The molecule has 2 saturated heterocycles. The summed E-state index contributed by atoms with van der Waals surface area (Å²) < 4.78 is 17.5. The third kappa shape index (κ3) is 5.39. The van der Waals surface area contributed by atoms with Gasteiger partial charge in [0, 0.05) is 11.6 Å². The number of aliphatic hydroxyl groups excluding tert-OH is 1. The number of phenols is 6. The highest BCUT2D eigenvalue weighted by molar-refractivity contribution is 5.90. The number of carbonyl (C=O) groups is 2. The third-order valence-corrected chi connectivity index (χ3v) is 7.43. The molecule has 2 heterocycles. The smallest absolute Gasteiger partial charge is 0.338 e. The van der Waals surface area contributed by atoms with Crippen LogP contribution in [0.5, 0.6) is 34.5 Å². The van der Waals surface area contributed by atoms with Crippen LogP contribution in [-0.4, -0.2) is 72.6 Å². The predicted molar refractivity (Wildman–Crippen MR) is 138 cm³/mol. The van der Waals surface area contributed by atoms with E-state index < -0.39 is 53.3 Å². The lowest BCUT2D eigenvalue weighted by Crippen LogP contribution is -2.54. The second-order valence-corrected chi connectivity index (χ2v) is 10.2. The van der Waals surface area contributed by atoms with E-state index in [1.165, 1.54) is 30.3 Å². The molecule has 3 aromatic carbocycles. The summed E-state index contributed by atoms with van der Waals surface area (Å²) in [6.45, 7) is -0.284. The van der Waals surface area contributed by atoms with Gasteiger partial charge >= 0.3 is 11.9 Å². The Balaban J connectivity index is 1.47. The molecule has 0 bridgehead atoms. The van der Waals surface area contributed by atoms with Crippen LogP contribution < -0.4 is 0 Å². The average Bonchev–Trinajstić information content (AvgIpc) is 3.28. The number of esters is 2. The Labute approximate surface area is 233 Å². The first kappa shape index (κ1) is 27.9. The van der Waals surface area contributed by atoms with Gasteiger partial charge in [0.1, 0.15) is 23.7 Å². The van der Waals surface area contributed by atoms with Gasteiger partial charge in [0.2, 0.25) is 0 Å². The van der Waals surface area contributed by atoms with Crippen LogP contribution in [0.25, 0.3) is 0 Å². The number of phenolic OH excluding ortho intramolecular Hbond substituents is 6. The van der Waals surface area contributed by atoms with Crippen LogP contribution in [-0.2, 0) is 31.0 Å². The minimum atomic E-state index is -1.67. The number of hydrogen-bond donors (Lipinski definition) is 7. The maximum Gasteiger partial charge on any atom is 0.338 e. The number of cyclic esters (lactones) is 1. The number of carbonyl (C=O) groups excluding carboxylic acids is 2.